The van der Waals surface area contributed by atoms with Crippen LogP contribution in [0.25, 0.3) is 0 Å². The number of aryl methyl sites for hydroxylation is 3. The maximum absolute atomic E-state index is 12.2. The number of urea groups is 1. The third-order valence-corrected chi connectivity index (χ3v) is 3.74. The van der Waals surface area contributed by atoms with Crippen molar-refractivity contribution in [3.8, 4) is 11.6 Å². The summed E-state index contributed by atoms with van der Waals surface area (Å²) in [5.41, 5.74) is 4.44. The van der Waals surface area contributed by atoms with Gasteiger partial charge in [-0.1, -0.05) is 17.7 Å². The van der Waals surface area contributed by atoms with Crippen molar-refractivity contribution in [2.75, 3.05) is 10.6 Å². The Bertz CT molecular complexity index is 906. The summed E-state index contributed by atoms with van der Waals surface area (Å²) < 4.78 is 5.61. The molecule has 132 valence electrons. The molecule has 0 unspecified atom stereocenters. The van der Waals surface area contributed by atoms with Gasteiger partial charge in [-0.05, 0) is 62.7 Å². The molecular weight excluding hydrogens is 328 g/mol. The van der Waals surface area contributed by atoms with Gasteiger partial charge in [-0.3, -0.25) is 0 Å². The number of anilines is 2. The van der Waals surface area contributed by atoms with Crippen molar-refractivity contribution in [1.29, 1.82) is 0 Å². The molecule has 2 aromatic carbocycles. The third-order valence-electron chi connectivity index (χ3n) is 3.74. The summed E-state index contributed by atoms with van der Waals surface area (Å²) in [6, 6.07) is 16.2. The molecule has 0 saturated heterocycles. The zero-order valence-corrected chi connectivity index (χ0v) is 14.9. The van der Waals surface area contributed by atoms with E-state index in [1.54, 1.807) is 30.3 Å². The van der Waals surface area contributed by atoms with E-state index in [-0.39, 0.29) is 6.03 Å². The molecule has 6 heteroatoms. The van der Waals surface area contributed by atoms with Crippen molar-refractivity contribution in [3.05, 3.63) is 71.4 Å². The van der Waals surface area contributed by atoms with Crippen LogP contribution in [-0.2, 0) is 0 Å². The van der Waals surface area contributed by atoms with Crippen LogP contribution >= 0.6 is 0 Å². The lowest BCUT2D eigenvalue weighted by molar-refractivity contribution is 0.262. The van der Waals surface area contributed by atoms with Crippen LogP contribution in [0.15, 0.2) is 54.6 Å². The van der Waals surface area contributed by atoms with Gasteiger partial charge >= 0.3 is 6.03 Å². The summed E-state index contributed by atoms with van der Waals surface area (Å²) >= 11 is 0. The molecule has 0 spiro atoms. The number of ether oxygens (including phenoxy) is 1. The fraction of sp³-hybridized carbons (Fsp3) is 0.150. The summed E-state index contributed by atoms with van der Waals surface area (Å²) in [5.74, 6) is 1.03. The van der Waals surface area contributed by atoms with Crippen LogP contribution in [0.4, 0.5) is 16.2 Å². The fourth-order valence-corrected chi connectivity index (χ4v) is 2.41. The van der Waals surface area contributed by atoms with Crippen molar-refractivity contribution in [1.82, 2.24) is 10.2 Å². The number of aromatic nitrogens is 2. The van der Waals surface area contributed by atoms with E-state index in [4.69, 9.17) is 4.74 Å². The van der Waals surface area contributed by atoms with Crippen LogP contribution in [0, 0.1) is 20.8 Å². The average Bonchev–Trinajstić information content (AvgIpc) is 2.61. The van der Waals surface area contributed by atoms with Gasteiger partial charge in [0, 0.05) is 17.4 Å². The Morgan fingerprint density at radius 1 is 0.885 bits per heavy atom. The smallest absolute Gasteiger partial charge is 0.323 e. The molecule has 0 bridgehead atoms. The number of amides is 2. The van der Waals surface area contributed by atoms with Gasteiger partial charge < -0.3 is 15.4 Å². The Balaban J connectivity index is 1.59. The number of hydrogen-bond acceptors (Lipinski definition) is 4. The third kappa shape index (κ3) is 4.57. The molecule has 0 saturated carbocycles. The molecule has 26 heavy (non-hydrogen) atoms. The highest BCUT2D eigenvalue weighted by Gasteiger charge is 2.06. The van der Waals surface area contributed by atoms with E-state index in [1.165, 1.54) is 0 Å². The zero-order chi connectivity index (χ0) is 18.5. The van der Waals surface area contributed by atoms with Gasteiger partial charge in [0.15, 0.2) is 0 Å². The van der Waals surface area contributed by atoms with Crippen LogP contribution in [0.1, 0.15) is 16.8 Å². The fourth-order valence-electron chi connectivity index (χ4n) is 2.41. The molecule has 0 radical (unpaired) electrons. The molecule has 1 aromatic heterocycles. The highest BCUT2D eigenvalue weighted by Crippen LogP contribution is 2.21. The molecule has 3 rings (SSSR count). The van der Waals surface area contributed by atoms with E-state index in [1.807, 2.05) is 45.0 Å². The maximum Gasteiger partial charge on any atom is 0.323 e. The monoisotopic (exact) mass is 348 g/mol. The summed E-state index contributed by atoms with van der Waals surface area (Å²) in [4.78, 5) is 12.2. The standard InChI is InChI=1S/C20H20N4O2/c1-13-4-10-18(14(2)12-13)22-20(25)21-16-6-8-17(9-7-16)26-19-11-5-15(3)23-24-19/h4-12H,1-3H3,(H2,21,22,25). The number of carbonyl (C=O) groups is 1. The molecule has 2 N–H and O–H groups in total. The Labute approximate surface area is 152 Å². The second kappa shape index (κ2) is 7.65. The van der Waals surface area contributed by atoms with Gasteiger partial charge in [-0.2, -0.15) is 5.10 Å². The van der Waals surface area contributed by atoms with E-state index >= 15 is 0 Å². The van der Waals surface area contributed by atoms with Gasteiger partial charge in [0.2, 0.25) is 5.88 Å². The lowest BCUT2D eigenvalue weighted by Crippen LogP contribution is -2.19. The number of hydrogen-bond donors (Lipinski definition) is 2. The molecule has 0 aliphatic carbocycles. The average molecular weight is 348 g/mol. The highest BCUT2D eigenvalue weighted by atomic mass is 16.5. The van der Waals surface area contributed by atoms with Crippen LogP contribution in [-0.4, -0.2) is 16.2 Å². The van der Waals surface area contributed by atoms with E-state index in [9.17, 15) is 4.79 Å². The normalized spacial score (nSPS) is 10.3. The van der Waals surface area contributed by atoms with Gasteiger partial charge in [0.25, 0.3) is 0 Å². The Morgan fingerprint density at radius 3 is 2.31 bits per heavy atom. The Kier molecular flexibility index (Phi) is 5.12. The molecular formula is C20H20N4O2. The summed E-state index contributed by atoms with van der Waals surface area (Å²) in [7, 11) is 0. The first-order valence-corrected chi connectivity index (χ1v) is 8.23. The number of nitrogens with one attached hydrogen (secondary N) is 2. The van der Waals surface area contributed by atoms with Crippen LogP contribution in [0.2, 0.25) is 0 Å². The largest absolute Gasteiger partial charge is 0.438 e. The van der Waals surface area contributed by atoms with Gasteiger partial charge in [0.1, 0.15) is 5.75 Å². The molecule has 2 amide bonds. The molecule has 0 fully saturated rings. The van der Waals surface area contributed by atoms with Gasteiger partial charge in [-0.15, -0.1) is 5.10 Å². The highest BCUT2D eigenvalue weighted by molar-refractivity contribution is 6.00. The molecule has 0 aliphatic rings. The number of rotatable bonds is 4. The van der Waals surface area contributed by atoms with Crippen molar-refractivity contribution in [2.45, 2.75) is 20.8 Å². The van der Waals surface area contributed by atoms with E-state index in [2.05, 4.69) is 20.8 Å². The van der Waals surface area contributed by atoms with Crippen molar-refractivity contribution >= 4 is 17.4 Å². The van der Waals surface area contributed by atoms with Crippen LogP contribution < -0.4 is 15.4 Å². The maximum atomic E-state index is 12.2. The van der Waals surface area contributed by atoms with E-state index in [0.717, 1.165) is 22.5 Å². The summed E-state index contributed by atoms with van der Waals surface area (Å²) in [5, 5.41) is 13.5. The first-order chi connectivity index (χ1) is 12.5. The van der Waals surface area contributed by atoms with Crippen LogP contribution in [0.3, 0.4) is 0 Å². The summed E-state index contributed by atoms with van der Waals surface area (Å²) in [6.45, 7) is 5.84. The first-order valence-electron chi connectivity index (χ1n) is 8.23. The molecule has 3 aromatic rings. The van der Waals surface area contributed by atoms with Crippen molar-refractivity contribution in [2.24, 2.45) is 0 Å². The number of benzene rings is 2. The first kappa shape index (κ1) is 17.4. The van der Waals surface area contributed by atoms with Crippen molar-refractivity contribution < 1.29 is 9.53 Å². The minimum Gasteiger partial charge on any atom is -0.438 e. The minimum atomic E-state index is -0.296. The predicted molar refractivity (Wildman–Crippen MR) is 102 cm³/mol. The number of carbonyl (C=O) groups excluding carboxylic acids is 1. The predicted octanol–water partition coefficient (Wildman–Crippen LogP) is 4.84. The van der Waals surface area contributed by atoms with E-state index in [0.29, 0.717) is 17.3 Å². The van der Waals surface area contributed by atoms with E-state index < -0.39 is 0 Å². The molecule has 0 aliphatic heterocycles. The van der Waals surface area contributed by atoms with Crippen molar-refractivity contribution in [3.63, 3.8) is 0 Å². The Morgan fingerprint density at radius 2 is 1.65 bits per heavy atom. The summed E-state index contributed by atoms with van der Waals surface area (Å²) in [6.07, 6.45) is 0. The van der Waals surface area contributed by atoms with Gasteiger partial charge in [0.05, 0.1) is 5.69 Å². The zero-order valence-electron chi connectivity index (χ0n) is 14.9. The topological polar surface area (TPSA) is 76.1 Å². The lowest BCUT2D eigenvalue weighted by Gasteiger charge is -2.11. The second-order valence-corrected chi connectivity index (χ2v) is 6.04. The molecule has 6 nitrogen and oxygen atoms in total. The minimum absolute atomic E-state index is 0.296. The lowest BCUT2D eigenvalue weighted by atomic mass is 10.1. The molecule has 0 atom stereocenters. The SMILES string of the molecule is Cc1ccc(NC(=O)Nc2ccc(Oc3ccc(C)nn3)cc2)c(C)c1. The second-order valence-electron chi connectivity index (χ2n) is 6.04. The quantitative estimate of drug-likeness (QED) is 0.707. The van der Waals surface area contributed by atoms with Gasteiger partial charge in [-0.25, -0.2) is 4.79 Å². The molecule has 1 heterocycles. The van der Waals surface area contributed by atoms with Crippen LogP contribution in [0.5, 0.6) is 11.6 Å². The number of nitrogens with zero attached hydrogens (tertiary/aromatic N) is 2. The Hall–Kier alpha value is -3.41.